The number of nitrogens with one attached hydrogen (secondary N) is 1. The van der Waals surface area contributed by atoms with Crippen LogP contribution in [-0.4, -0.2) is 11.9 Å². The second-order valence-corrected chi connectivity index (χ2v) is 5.85. The van der Waals surface area contributed by atoms with Gasteiger partial charge in [0.2, 0.25) is 5.91 Å². The third kappa shape index (κ3) is 4.52. The van der Waals surface area contributed by atoms with Gasteiger partial charge in [0.05, 0.1) is 12.1 Å². The maximum atomic E-state index is 12.1. The van der Waals surface area contributed by atoms with Crippen molar-refractivity contribution in [3.05, 3.63) is 48.6 Å². The first kappa shape index (κ1) is 15.4. The van der Waals surface area contributed by atoms with Crippen LogP contribution in [-0.2, 0) is 4.79 Å². The number of hydrogen-bond acceptors (Lipinski definition) is 2. The number of benzene rings is 1. The lowest BCUT2D eigenvalue weighted by Gasteiger charge is -2.32. The molecule has 1 aromatic carbocycles. The lowest BCUT2D eigenvalue weighted by molar-refractivity contribution is -0.123. The number of hydrogen-bond donors (Lipinski definition) is 2. The summed E-state index contributed by atoms with van der Waals surface area (Å²) in [5.74, 6) is -0.135. The highest BCUT2D eigenvalue weighted by atomic mass is 16.2. The van der Waals surface area contributed by atoms with E-state index in [1.54, 1.807) is 6.08 Å². The van der Waals surface area contributed by atoms with Crippen LogP contribution in [0.4, 0.5) is 0 Å². The van der Waals surface area contributed by atoms with Gasteiger partial charge in [-0.1, -0.05) is 57.2 Å². The standard InChI is InChI=1S/C16H24N2O/c1-5-9-13(17)15(19)18-14(16(2,3)4)12-10-7-6-8-11-12/h5-8,10-11,13-14H,1,9,17H2,2-4H3,(H,18,19). The molecule has 0 spiro atoms. The molecular formula is C16H24N2O. The van der Waals surface area contributed by atoms with E-state index in [0.29, 0.717) is 6.42 Å². The second-order valence-electron chi connectivity index (χ2n) is 5.85. The summed E-state index contributed by atoms with van der Waals surface area (Å²) in [6.45, 7) is 9.91. The van der Waals surface area contributed by atoms with Crippen molar-refractivity contribution in [3.8, 4) is 0 Å². The Morgan fingerprint density at radius 3 is 2.42 bits per heavy atom. The highest BCUT2D eigenvalue weighted by Gasteiger charge is 2.28. The first-order chi connectivity index (χ1) is 8.86. The quantitative estimate of drug-likeness (QED) is 0.800. The molecule has 3 heteroatoms. The Morgan fingerprint density at radius 2 is 1.95 bits per heavy atom. The van der Waals surface area contributed by atoms with Crippen molar-refractivity contribution in [1.82, 2.24) is 5.32 Å². The fourth-order valence-corrected chi connectivity index (χ4v) is 1.98. The van der Waals surface area contributed by atoms with Crippen LogP contribution in [0.25, 0.3) is 0 Å². The van der Waals surface area contributed by atoms with Crippen molar-refractivity contribution >= 4 is 5.91 Å². The Bertz CT molecular complexity index is 420. The molecule has 0 aliphatic heterocycles. The molecule has 0 fully saturated rings. The van der Waals surface area contributed by atoms with Gasteiger partial charge in [-0.05, 0) is 17.4 Å². The summed E-state index contributed by atoms with van der Waals surface area (Å²) >= 11 is 0. The Hall–Kier alpha value is -1.61. The zero-order chi connectivity index (χ0) is 14.5. The summed E-state index contributed by atoms with van der Waals surface area (Å²) in [4.78, 5) is 12.1. The Balaban J connectivity index is 2.89. The molecule has 0 heterocycles. The van der Waals surface area contributed by atoms with Crippen LogP contribution in [0.2, 0.25) is 0 Å². The first-order valence-corrected chi connectivity index (χ1v) is 6.58. The molecule has 0 aliphatic carbocycles. The van der Waals surface area contributed by atoms with Gasteiger partial charge in [-0.25, -0.2) is 0 Å². The van der Waals surface area contributed by atoms with Crippen molar-refractivity contribution < 1.29 is 4.79 Å². The Labute approximate surface area is 115 Å². The van der Waals surface area contributed by atoms with Crippen LogP contribution < -0.4 is 11.1 Å². The van der Waals surface area contributed by atoms with Crippen molar-refractivity contribution in [3.63, 3.8) is 0 Å². The predicted molar refractivity (Wildman–Crippen MR) is 79.6 cm³/mol. The highest BCUT2D eigenvalue weighted by Crippen LogP contribution is 2.32. The maximum absolute atomic E-state index is 12.1. The second kappa shape index (κ2) is 6.53. The fourth-order valence-electron chi connectivity index (χ4n) is 1.98. The number of rotatable bonds is 5. The minimum atomic E-state index is -0.536. The minimum Gasteiger partial charge on any atom is -0.347 e. The fraction of sp³-hybridized carbons (Fsp3) is 0.438. The molecule has 0 radical (unpaired) electrons. The number of amides is 1. The van der Waals surface area contributed by atoms with E-state index >= 15 is 0 Å². The molecule has 0 bridgehead atoms. The van der Waals surface area contributed by atoms with Crippen LogP contribution in [0.5, 0.6) is 0 Å². The molecule has 0 saturated heterocycles. The molecule has 3 N–H and O–H groups in total. The normalized spacial score (nSPS) is 14.5. The summed E-state index contributed by atoms with van der Waals surface area (Å²) in [6, 6.07) is 9.37. The summed E-state index contributed by atoms with van der Waals surface area (Å²) in [7, 11) is 0. The average molecular weight is 260 g/mol. The molecule has 1 aromatic rings. The molecule has 0 aromatic heterocycles. The Morgan fingerprint density at radius 1 is 1.37 bits per heavy atom. The van der Waals surface area contributed by atoms with Gasteiger partial charge in [-0.3, -0.25) is 4.79 Å². The highest BCUT2D eigenvalue weighted by molar-refractivity contribution is 5.82. The van der Waals surface area contributed by atoms with Crippen molar-refractivity contribution in [2.75, 3.05) is 0 Å². The molecule has 2 unspecified atom stereocenters. The van der Waals surface area contributed by atoms with E-state index in [4.69, 9.17) is 5.73 Å². The van der Waals surface area contributed by atoms with Gasteiger partial charge in [0.15, 0.2) is 0 Å². The molecule has 104 valence electrons. The molecule has 19 heavy (non-hydrogen) atoms. The number of carbonyl (C=O) groups is 1. The summed E-state index contributed by atoms with van der Waals surface area (Å²) < 4.78 is 0. The van der Waals surface area contributed by atoms with Crippen molar-refractivity contribution in [2.45, 2.75) is 39.3 Å². The van der Waals surface area contributed by atoms with E-state index in [0.717, 1.165) is 5.56 Å². The summed E-state index contributed by atoms with van der Waals surface area (Å²) in [6.07, 6.45) is 2.15. The van der Waals surface area contributed by atoms with Gasteiger partial charge in [0.1, 0.15) is 0 Å². The van der Waals surface area contributed by atoms with Crippen LogP contribution in [0, 0.1) is 5.41 Å². The van der Waals surface area contributed by atoms with E-state index in [1.165, 1.54) is 0 Å². The zero-order valence-corrected chi connectivity index (χ0v) is 12.0. The van der Waals surface area contributed by atoms with E-state index in [2.05, 4.69) is 32.7 Å². The Kier molecular flexibility index (Phi) is 5.31. The first-order valence-electron chi connectivity index (χ1n) is 6.58. The van der Waals surface area contributed by atoms with Gasteiger partial charge < -0.3 is 11.1 Å². The van der Waals surface area contributed by atoms with Crippen LogP contribution >= 0.6 is 0 Å². The van der Waals surface area contributed by atoms with Gasteiger partial charge in [0, 0.05) is 0 Å². The van der Waals surface area contributed by atoms with E-state index in [9.17, 15) is 4.79 Å². The zero-order valence-electron chi connectivity index (χ0n) is 12.0. The van der Waals surface area contributed by atoms with Crippen LogP contribution in [0.1, 0.15) is 38.8 Å². The minimum absolute atomic E-state index is 0.0583. The molecule has 0 saturated carbocycles. The van der Waals surface area contributed by atoms with Crippen LogP contribution in [0.3, 0.4) is 0 Å². The van der Waals surface area contributed by atoms with Gasteiger partial charge in [-0.15, -0.1) is 6.58 Å². The summed E-state index contributed by atoms with van der Waals surface area (Å²) in [5, 5.41) is 3.05. The van der Waals surface area contributed by atoms with Gasteiger partial charge >= 0.3 is 0 Å². The lowest BCUT2D eigenvalue weighted by atomic mass is 9.82. The third-order valence-corrected chi connectivity index (χ3v) is 3.04. The van der Waals surface area contributed by atoms with Crippen molar-refractivity contribution in [2.24, 2.45) is 11.1 Å². The van der Waals surface area contributed by atoms with E-state index in [1.807, 2.05) is 30.3 Å². The number of carbonyl (C=O) groups excluding carboxylic acids is 1. The average Bonchev–Trinajstić information content (AvgIpc) is 2.35. The molecule has 1 amide bonds. The lowest BCUT2D eigenvalue weighted by Crippen LogP contribution is -2.45. The maximum Gasteiger partial charge on any atom is 0.237 e. The third-order valence-electron chi connectivity index (χ3n) is 3.04. The monoisotopic (exact) mass is 260 g/mol. The molecular weight excluding hydrogens is 236 g/mol. The predicted octanol–water partition coefficient (Wildman–Crippen LogP) is 2.79. The number of nitrogens with two attached hydrogens (primary N) is 1. The smallest absolute Gasteiger partial charge is 0.237 e. The molecule has 1 rings (SSSR count). The summed E-state index contributed by atoms with van der Waals surface area (Å²) in [5.41, 5.74) is 6.83. The molecule has 2 atom stereocenters. The topological polar surface area (TPSA) is 55.1 Å². The van der Waals surface area contributed by atoms with E-state index in [-0.39, 0.29) is 17.4 Å². The van der Waals surface area contributed by atoms with E-state index < -0.39 is 6.04 Å². The van der Waals surface area contributed by atoms with Crippen molar-refractivity contribution in [1.29, 1.82) is 0 Å². The van der Waals surface area contributed by atoms with Gasteiger partial charge in [0.25, 0.3) is 0 Å². The molecule has 0 aliphatic rings. The SMILES string of the molecule is C=CCC(N)C(=O)NC(c1ccccc1)C(C)(C)C. The molecule has 3 nitrogen and oxygen atoms in total. The van der Waals surface area contributed by atoms with Crippen LogP contribution in [0.15, 0.2) is 43.0 Å². The largest absolute Gasteiger partial charge is 0.347 e. The van der Waals surface area contributed by atoms with Gasteiger partial charge in [-0.2, -0.15) is 0 Å².